The van der Waals surface area contributed by atoms with Crippen molar-refractivity contribution in [2.45, 2.75) is 206 Å². The van der Waals surface area contributed by atoms with Crippen molar-refractivity contribution in [2.75, 3.05) is 0 Å². The third-order valence-electron chi connectivity index (χ3n) is 7.92. The molecular formula is C36H68F2O. The lowest BCUT2D eigenvalue weighted by molar-refractivity contribution is 0.152. The van der Waals surface area contributed by atoms with E-state index in [0.717, 1.165) is 25.7 Å². The van der Waals surface area contributed by atoms with E-state index in [2.05, 4.69) is 18.6 Å². The van der Waals surface area contributed by atoms with Crippen LogP contribution in [0, 0.1) is 0 Å². The first-order valence-electron chi connectivity index (χ1n) is 17.6. The lowest BCUT2D eigenvalue weighted by atomic mass is 10.0. The van der Waals surface area contributed by atoms with Crippen LogP contribution in [0.15, 0.2) is 24.2 Å². The molecular weight excluding hydrogens is 486 g/mol. The number of ether oxygens (including phenoxy) is 1. The molecule has 232 valence electrons. The minimum atomic E-state index is -0.792. The van der Waals surface area contributed by atoms with E-state index in [9.17, 15) is 8.78 Å². The molecule has 0 saturated carbocycles. The number of unbranched alkanes of at least 4 members (excludes halogenated alkanes) is 28. The third kappa shape index (κ3) is 33.2. The van der Waals surface area contributed by atoms with Crippen molar-refractivity contribution in [3.63, 3.8) is 0 Å². The topological polar surface area (TPSA) is 9.23 Å². The van der Waals surface area contributed by atoms with Crippen LogP contribution in [0.4, 0.5) is 8.78 Å². The van der Waals surface area contributed by atoms with Crippen LogP contribution < -0.4 is 0 Å². The van der Waals surface area contributed by atoms with E-state index in [4.69, 9.17) is 0 Å². The molecule has 0 bridgehead atoms. The Morgan fingerprint density at radius 3 is 0.795 bits per heavy atom. The van der Waals surface area contributed by atoms with Gasteiger partial charge in [-0.05, 0) is 37.8 Å². The summed E-state index contributed by atoms with van der Waals surface area (Å²) < 4.78 is 32.2. The van der Waals surface area contributed by atoms with Gasteiger partial charge >= 0.3 is 0 Å². The molecule has 0 saturated heterocycles. The number of halogens is 2. The van der Waals surface area contributed by atoms with Crippen molar-refractivity contribution in [2.24, 2.45) is 0 Å². The molecule has 3 heteroatoms. The quantitative estimate of drug-likeness (QED) is 0.0593. The molecule has 0 fully saturated rings. The standard InChI is InChI=1S/C36H68F2O/c1-3-5-7-9-11-13-15-17-19-21-23-25-27-29-31-33-35(37)39-36(38)34-32-30-28-26-24-22-20-18-16-14-12-10-8-6-4-2/h33-34H,3-32H2,1-2H3/b35-33+,36-34+. The molecule has 0 aromatic heterocycles. The van der Waals surface area contributed by atoms with Gasteiger partial charge < -0.3 is 4.74 Å². The molecule has 0 aromatic rings. The van der Waals surface area contributed by atoms with Gasteiger partial charge in [0.25, 0.3) is 12.0 Å². The highest BCUT2D eigenvalue weighted by Crippen LogP contribution is 2.17. The molecule has 0 aliphatic heterocycles. The molecule has 0 amide bonds. The fraction of sp³-hybridized carbons (Fsp3) is 0.889. The van der Waals surface area contributed by atoms with Crippen LogP contribution in [0.1, 0.15) is 206 Å². The van der Waals surface area contributed by atoms with Crippen LogP contribution in [0.25, 0.3) is 0 Å². The van der Waals surface area contributed by atoms with Gasteiger partial charge in [-0.1, -0.05) is 181 Å². The number of allylic oxidation sites excluding steroid dienone is 2. The van der Waals surface area contributed by atoms with Crippen LogP contribution in [0.2, 0.25) is 0 Å². The Morgan fingerprint density at radius 2 is 0.564 bits per heavy atom. The predicted octanol–water partition coefficient (Wildman–Crippen LogP) is 14.4. The van der Waals surface area contributed by atoms with Gasteiger partial charge in [0, 0.05) is 0 Å². The summed E-state index contributed by atoms with van der Waals surface area (Å²) in [6.07, 6.45) is 40.7. The molecule has 0 rings (SSSR count). The normalized spacial score (nSPS) is 12.4. The van der Waals surface area contributed by atoms with E-state index in [1.54, 1.807) is 0 Å². The van der Waals surface area contributed by atoms with Gasteiger partial charge in [-0.25, -0.2) is 0 Å². The largest absolute Gasteiger partial charge is 0.404 e. The molecule has 0 spiro atoms. The summed E-state index contributed by atoms with van der Waals surface area (Å²) in [4.78, 5) is 0. The fourth-order valence-corrected chi connectivity index (χ4v) is 5.29. The minimum Gasteiger partial charge on any atom is -0.404 e. The maximum Gasteiger partial charge on any atom is 0.275 e. The Kier molecular flexibility index (Phi) is 32.6. The minimum absolute atomic E-state index is 0.621. The summed E-state index contributed by atoms with van der Waals surface area (Å²) >= 11 is 0. The monoisotopic (exact) mass is 555 g/mol. The van der Waals surface area contributed by atoms with Crippen molar-refractivity contribution in [3.8, 4) is 0 Å². The molecule has 0 aliphatic carbocycles. The lowest BCUT2D eigenvalue weighted by Gasteiger charge is -2.03. The van der Waals surface area contributed by atoms with Gasteiger partial charge in [-0.3, -0.25) is 0 Å². The van der Waals surface area contributed by atoms with Gasteiger partial charge in [0.05, 0.1) is 0 Å². The van der Waals surface area contributed by atoms with Crippen LogP contribution in [-0.2, 0) is 4.74 Å². The van der Waals surface area contributed by atoms with Crippen molar-refractivity contribution >= 4 is 0 Å². The van der Waals surface area contributed by atoms with Gasteiger partial charge in [-0.2, -0.15) is 8.78 Å². The van der Waals surface area contributed by atoms with Crippen molar-refractivity contribution < 1.29 is 13.5 Å². The first-order chi connectivity index (χ1) is 19.2. The number of hydrogen-bond donors (Lipinski definition) is 0. The Hall–Kier alpha value is -0.860. The molecule has 0 aromatic carbocycles. The Balaban J connectivity index is 3.41. The predicted molar refractivity (Wildman–Crippen MR) is 169 cm³/mol. The van der Waals surface area contributed by atoms with Crippen LogP contribution in [0.5, 0.6) is 0 Å². The maximum absolute atomic E-state index is 13.8. The SMILES string of the molecule is CCCCCCCCCCCCCCCC/C=C(\F)O/C(F)=C/CCCCCCCCCCCCCCCC. The number of rotatable bonds is 32. The Labute approximate surface area is 244 Å². The molecule has 0 N–H and O–H groups in total. The van der Waals surface area contributed by atoms with Crippen molar-refractivity contribution in [1.29, 1.82) is 0 Å². The van der Waals surface area contributed by atoms with Gasteiger partial charge in [-0.15, -0.1) is 0 Å². The molecule has 0 heterocycles. The second-order valence-corrected chi connectivity index (χ2v) is 11.9. The summed E-state index contributed by atoms with van der Waals surface area (Å²) in [5.74, 6) is 0. The first kappa shape index (κ1) is 38.1. The van der Waals surface area contributed by atoms with Crippen molar-refractivity contribution in [3.05, 3.63) is 24.2 Å². The van der Waals surface area contributed by atoms with Gasteiger partial charge in [0.15, 0.2) is 0 Å². The maximum atomic E-state index is 13.8. The zero-order valence-corrected chi connectivity index (χ0v) is 26.5. The smallest absolute Gasteiger partial charge is 0.275 e. The van der Waals surface area contributed by atoms with Crippen LogP contribution in [-0.4, -0.2) is 0 Å². The molecule has 0 unspecified atom stereocenters. The van der Waals surface area contributed by atoms with E-state index in [1.807, 2.05) is 0 Å². The van der Waals surface area contributed by atoms with Crippen LogP contribution >= 0.6 is 0 Å². The summed E-state index contributed by atoms with van der Waals surface area (Å²) in [6.45, 7) is 4.54. The molecule has 0 radical (unpaired) electrons. The number of hydrogen-bond acceptors (Lipinski definition) is 1. The summed E-state index contributed by atoms with van der Waals surface area (Å²) in [7, 11) is 0. The van der Waals surface area contributed by atoms with Gasteiger partial charge in [0.2, 0.25) is 0 Å². The highest BCUT2D eigenvalue weighted by molar-refractivity contribution is 4.90. The second-order valence-electron chi connectivity index (χ2n) is 11.9. The Morgan fingerprint density at radius 1 is 0.359 bits per heavy atom. The summed E-state index contributed by atoms with van der Waals surface area (Å²) in [5, 5.41) is 0. The van der Waals surface area contributed by atoms with E-state index in [-0.39, 0.29) is 0 Å². The highest BCUT2D eigenvalue weighted by Gasteiger charge is 2.01. The second kappa shape index (κ2) is 33.3. The van der Waals surface area contributed by atoms with E-state index in [1.165, 1.54) is 166 Å². The summed E-state index contributed by atoms with van der Waals surface area (Å²) in [5.41, 5.74) is 0. The molecule has 0 atom stereocenters. The average Bonchev–Trinajstić information content (AvgIpc) is 2.93. The highest BCUT2D eigenvalue weighted by atomic mass is 19.2. The third-order valence-corrected chi connectivity index (χ3v) is 7.92. The zero-order valence-electron chi connectivity index (χ0n) is 26.5. The van der Waals surface area contributed by atoms with Crippen molar-refractivity contribution in [1.82, 2.24) is 0 Å². The first-order valence-corrected chi connectivity index (χ1v) is 17.6. The average molecular weight is 555 g/mol. The van der Waals surface area contributed by atoms with Crippen LogP contribution in [0.3, 0.4) is 0 Å². The Bertz CT molecular complexity index is 482. The molecule has 1 nitrogen and oxygen atoms in total. The molecule has 0 aliphatic rings. The molecule has 39 heavy (non-hydrogen) atoms. The van der Waals surface area contributed by atoms with Gasteiger partial charge in [0.1, 0.15) is 0 Å². The lowest BCUT2D eigenvalue weighted by Crippen LogP contribution is -1.86. The van der Waals surface area contributed by atoms with E-state index < -0.39 is 12.0 Å². The fourth-order valence-electron chi connectivity index (χ4n) is 5.29. The zero-order chi connectivity index (χ0) is 28.5. The van der Waals surface area contributed by atoms with E-state index >= 15 is 0 Å². The van der Waals surface area contributed by atoms with E-state index in [0.29, 0.717) is 12.8 Å². The summed E-state index contributed by atoms with van der Waals surface area (Å²) in [6, 6.07) is -1.58.